The van der Waals surface area contributed by atoms with Crippen LogP contribution < -0.4 is 10.1 Å². The monoisotopic (exact) mass is 546 g/mol. The van der Waals surface area contributed by atoms with Crippen LogP contribution in [-0.2, 0) is 29.0 Å². The first-order valence-corrected chi connectivity index (χ1v) is 13.1. The molecule has 0 aliphatic heterocycles. The predicted molar refractivity (Wildman–Crippen MR) is 145 cm³/mol. The first kappa shape index (κ1) is 26.2. The molecule has 0 fully saturated rings. The zero-order valence-electron chi connectivity index (χ0n) is 21.0. The summed E-state index contributed by atoms with van der Waals surface area (Å²) < 4.78 is 37.2. The third kappa shape index (κ3) is 6.01. The van der Waals surface area contributed by atoms with Crippen molar-refractivity contribution in [2.45, 2.75) is 26.3 Å². The van der Waals surface area contributed by atoms with E-state index in [0.717, 1.165) is 21.8 Å². The van der Waals surface area contributed by atoms with Crippen molar-refractivity contribution in [3.8, 4) is 22.1 Å². The lowest BCUT2D eigenvalue weighted by Crippen LogP contribution is -2.33. The number of rotatable bonds is 10. The number of imidazole rings is 1. The van der Waals surface area contributed by atoms with Crippen LogP contribution in [0.25, 0.3) is 20.8 Å². The first-order chi connectivity index (χ1) is 18.9. The number of pyridine rings is 1. The Hall–Kier alpha value is -4.44. The number of halogens is 2. The van der Waals surface area contributed by atoms with Crippen LogP contribution in [0.15, 0.2) is 73.3 Å². The van der Waals surface area contributed by atoms with Crippen molar-refractivity contribution in [3.05, 3.63) is 96.1 Å². The average Bonchev–Trinajstić information content (AvgIpc) is 3.59. The smallest absolute Gasteiger partial charge is 0.287 e. The molecule has 0 bridgehead atoms. The number of aryl methyl sites for hydroxylation is 1. The maximum absolute atomic E-state index is 14.9. The van der Waals surface area contributed by atoms with Gasteiger partial charge in [-0.1, -0.05) is 24.3 Å². The van der Waals surface area contributed by atoms with Gasteiger partial charge in [0.25, 0.3) is 5.91 Å². The molecule has 2 aromatic carbocycles. The minimum Gasteiger partial charge on any atom is -0.453 e. The molecule has 3 heterocycles. The van der Waals surface area contributed by atoms with Crippen molar-refractivity contribution in [3.63, 3.8) is 0 Å². The topological polar surface area (TPSA) is 86.1 Å². The molecule has 39 heavy (non-hydrogen) atoms. The SMILES string of the molecule is CCn1cnc(-c2cc3nccc(Oc4ccc(CC(=O)C(=O)NCCc5ccccc5F)cc4F)c3s2)c1. The number of Topliss-reactive ketones (excluding diaryl/α,β-unsaturated/α-hetero) is 1. The fraction of sp³-hybridized carbons (Fsp3) is 0.172. The quantitative estimate of drug-likeness (QED) is 0.227. The van der Waals surface area contributed by atoms with Crippen LogP contribution in [0.5, 0.6) is 11.5 Å². The van der Waals surface area contributed by atoms with Crippen LogP contribution >= 0.6 is 11.3 Å². The van der Waals surface area contributed by atoms with Crippen molar-refractivity contribution in [1.82, 2.24) is 19.9 Å². The van der Waals surface area contributed by atoms with Crippen LogP contribution in [0.1, 0.15) is 18.1 Å². The Kier molecular flexibility index (Phi) is 7.74. The van der Waals surface area contributed by atoms with Crippen molar-refractivity contribution in [1.29, 1.82) is 0 Å². The summed E-state index contributed by atoms with van der Waals surface area (Å²) in [4.78, 5) is 34.3. The maximum Gasteiger partial charge on any atom is 0.287 e. The van der Waals surface area contributed by atoms with E-state index in [0.29, 0.717) is 22.4 Å². The Balaban J connectivity index is 1.23. The lowest BCUT2D eigenvalue weighted by Gasteiger charge is -2.09. The largest absolute Gasteiger partial charge is 0.453 e. The summed E-state index contributed by atoms with van der Waals surface area (Å²) >= 11 is 1.45. The summed E-state index contributed by atoms with van der Waals surface area (Å²) in [6.45, 7) is 2.95. The Morgan fingerprint density at radius 2 is 1.87 bits per heavy atom. The van der Waals surface area contributed by atoms with Gasteiger partial charge in [-0.3, -0.25) is 14.6 Å². The molecule has 0 spiro atoms. The fourth-order valence-electron chi connectivity index (χ4n) is 4.01. The van der Waals surface area contributed by atoms with E-state index in [-0.39, 0.29) is 31.0 Å². The number of nitrogens with one attached hydrogen (secondary N) is 1. The molecule has 5 rings (SSSR count). The number of hydrogen-bond donors (Lipinski definition) is 1. The Morgan fingerprint density at radius 1 is 1.03 bits per heavy atom. The van der Waals surface area contributed by atoms with Gasteiger partial charge in [-0.25, -0.2) is 13.8 Å². The van der Waals surface area contributed by atoms with Gasteiger partial charge in [-0.2, -0.15) is 0 Å². The zero-order valence-corrected chi connectivity index (χ0v) is 21.8. The second kappa shape index (κ2) is 11.5. The summed E-state index contributed by atoms with van der Waals surface area (Å²) in [5.41, 5.74) is 2.31. The second-order valence-corrected chi connectivity index (χ2v) is 9.84. The van der Waals surface area contributed by atoms with E-state index in [1.54, 1.807) is 42.9 Å². The number of carbonyl (C=O) groups excluding carboxylic acids is 2. The molecule has 7 nitrogen and oxygen atoms in total. The van der Waals surface area contributed by atoms with Gasteiger partial charge in [-0.15, -0.1) is 11.3 Å². The summed E-state index contributed by atoms with van der Waals surface area (Å²) in [6.07, 6.45) is 5.29. The molecular weight excluding hydrogens is 522 g/mol. The predicted octanol–water partition coefficient (Wildman–Crippen LogP) is 5.72. The zero-order chi connectivity index (χ0) is 27.4. The number of carbonyl (C=O) groups is 2. The lowest BCUT2D eigenvalue weighted by atomic mass is 10.1. The Morgan fingerprint density at radius 3 is 2.64 bits per heavy atom. The van der Waals surface area contributed by atoms with Gasteiger partial charge in [-0.05, 0) is 48.7 Å². The molecule has 0 aliphatic carbocycles. The minimum atomic E-state index is -0.802. The summed E-state index contributed by atoms with van der Waals surface area (Å²) in [5.74, 6) is -2.12. The number of fused-ring (bicyclic) bond motifs is 1. The average molecular weight is 547 g/mol. The normalized spacial score (nSPS) is 11.1. The number of ketones is 1. The highest BCUT2D eigenvalue weighted by molar-refractivity contribution is 7.22. The van der Waals surface area contributed by atoms with Crippen molar-refractivity contribution in [2.24, 2.45) is 0 Å². The number of nitrogens with zero attached hydrogens (tertiary/aromatic N) is 3. The summed E-state index contributed by atoms with van der Waals surface area (Å²) in [5, 5.41) is 2.49. The lowest BCUT2D eigenvalue weighted by molar-refractivity contribution is -0.137. The molecular formula is C29H24F2N4O3S. The Bertz CT molecular complexity index is 1660. The Labute approximate surface area is 227 Å². The number of benzene rings is 2. The molecule has 198 valence electrons. The van der Waals surface area contributed by atoms with Crippen LogP contribution in [0.2, 0.25) is 0 Å². The highest BCUT2D eigenvalue weighted by atomic mass is 32.1. The van der Waals surface area contributed by atoms with Crippen molar-refractivity contribution >= 4 is 33.2 Å². The summed E-state index contributed by atoms with van der Waals surface area (Å²) in [6, 6.07) is 14.0. The highest BCUT2D eigenvalue weighted by Crippen LogP contribution is 2.39. The number of aromatic nitrogens is 3. The van der Waals surface area contributed by atoms with E-state index < -0.39 is 17.5 Å². The molecule has 1 amide bonds. The van der Waals surface area contributed by atoms with Gasteiger partial charge in [0.05, 0.1) is 27.1 Å². The molecule has 5 aromatic rings. The fourth-order valence-corrected chi connectivity index (χ4v) is 5.04. The highest BCUT2D eigenvalue weighted by Gasteiger charge is 2.17. The molecule has 10 heteroatoms. The second-order valence-electron chi connectivity index (χ2n) is 8.79. The number of ether oxygens (including phenoxy) is 1. The summed E-state index contributed by atoms with van der Waals surface area (Å²) in [7, 11) is 0. The van der Waals surface area contributed by atoms with E-state index in [9.17, 15) is 18.4 Å². The third-order valence-electron chi connectivity index (χ3n) is 6.10. The third-order valence-corrected chi connectivity index (χ3v) is 7.26. The molecule has 0 saturated heterocycles. The van der Waals surface area contributed by atoms with Crippen molar-refractivity contribution in [2.75, 3.05) is 6.54 Å². The van der Waals surface area contributed by atoms with Gasteiger partial charge < -0.3 is 14.6 Å². The number of amides is 1. The molecule has 0 radical (unpaired) electrons. The maximum atomic E-state index is 14.9. The molecule has 0 saturated carbocycles. The van der Waals surface area contributed by atoms with E-state index in [1.165, 1.54) is 29.5 Å². The molecule has 3 aromatic heterocycles. The van der Waals surface area contributed by atoms with E-state index in [4.69, 9.17) is 4.74 Å². The van der Waals surface area contributed by atoms with Gasteiger partial charge in [0.1, 0.15) is 11.6 Å². The minimum absolute atomic E-state index is 0.0155. The molecule has 1 N–H and O–H groups in total. The molecule has 0 aliphatic rings. The van der Waals surface area contributed by atoms with Crippen LogP contribution in [0.3, 0.4) is 0 Å². The molecule has 0 unspecified atom stereocenters. The van der Waals surface area contributed by atoms with Crippen LogP contribution in [-0.4, -0.2) is 32.8 Å². The number of hydrogen-bond acceptors (Lipinski definition) is 6. The van der Waals surface area contributed by atoms with Crippen LogP contribution in [0, 0.1) is 11.6 Å². The van der Waals surface area contributed by atoms with E-state index in [2.05, 4.69) is 15.3 Å². The van der Waals surface area contributed by atoms with Crippen molar-refractivity contribution < 1.29 is 23.1 Å². The first-order valence-electron chi connectivity index (χ1n) is 12.3. The standard InChI is InChI=1S/C29H24F2N4O3S/c1-2-35-16-23(34-17-35)27-15-22-28(39-27)26(10-12-32-22)38-25-8-7-18(13-21(25)31)14-24(36)29(37)33-11-9-19-5-3-4-6-20(19)30/h3-8,10,12-13,15-17H,2,9,11,14H2,1H3,(H,33,37). The van der Waals surface area contributed by atoms with Gasteiger partial charge in [0.15, 0.2) is 11.6 Å². The van der Waals surface area contributed by atoms with Gasteiger partial charge in [0.2, 0.25) is 5.78 Å². The van der Waals surface area contributed by atoms with E-state index in [1.807, 2.05) is 23.8 Å². The van der Waals surface area contributed by atoms with Gasteiger partial charge >= 0.3 is 0 Å². The van der Waals surface area contributed by atoms with Gasteiger partial charge in [0, 0.05) is 38.0 Å². The van der Waals surface area contributed by atoms with Crippen LogP contribution in [0.4, 0.5) is 8.78 Å². The van der Waals surface area contributed by atoms with E-state index >= 15 is 0 Å². The molecule has 0 atom stereocenters. The number of thiophene rings is 1.